The summed E-state index contributed by atoms with van der Waals surface area (Å²) in [7, 11) is -3.68. The van der Waals surface area contributed by atoms with Gasteiger partial charge in [0.1, 0.15) is 5.76 Å². The quantitative estimate of drug-likeness (QED) is 0.204. The lowest BCUT2D eigenvalue weighted by Gasteiger charge is -2.05. The number of esters is 1. The highest BCUT2D eigenvalue weighted by Crippen LogP contribution is 2.13. The van der Waals surface area contributed by atoms with Crippen LogP contribution < -0.4 is 4.72 Å². The Morgan fingerprint density at radius 3 is 2.41 bits per heavy atom. The Labute approximate surface area is 186 Å². The molecule has 0 aliphatic carbocycles. The molecule has 2 aromatic carbocycles. The van der Waals surface area contributed by atoms with Gasteiger partial charge in [-0.15, -0.1) is 0 Å². The molecule has 7 nitrogen and oxygen atoms in total. The zero-order valence-corrected chi connectivity index (χ0v) is 18.1. The smallest absolute Gasteiger partial charge is 0.330 e. The average molecular weight is 454 g/mol. The van der Waals surface area contributed by atoms with Gasteiger partial charge in [0.15, 0.2) is 5.78 Å². The standard InChI is InChI=1S/C24H23NO6S/c26-23(20-6-2-1-3-7-20)9-5-17-31-24(27)15-12-19-10-13-22(14-11-19)32(28,29)25-18-21-8-4-16-30-21/h1-4,6-8,10-16,25H,5,9,17-18H2/b15-12+. The van der Waals surface area contributed by atoms with Crippen molar-refractivity contribution in [2.24, 2.45) is 0 Å². The van der Waals surface area contributed by atoms with Crippen molar-refractivity contribution in [3.8, 4) is 0 Å². The molecular weight excluding hydrogens is 430 g/mol. The minimum Gasteiger partial charge on any atom is -0.468 e. The normalized spacial score (nSPS) is 11.5. The van der Waals surface area contributed by atoms with Gasteiger partial charge in [0.2, 0.25) is 10.0 Å². The second-order valence-corrected chi connectivity index (χ2v) is 8.63. The highest BCUT2D eigenvalue weighted by Gasteiger charge is 2.14. The number of furan rings is 1. The molecule has 32 heavy (non-hydrogen) atoms. The topological polar surface area (TPSA) is 103 Å². The summed E-state index contributed by atoms with van der Waals surface area (Å²) in [6.45, 7) is 0.194. The van der Waals surface area contributed by atoms with Gasteiger partial charge in [-0.2, -0.15) is 0 Å². The molecule has 8 heteroatoms. The first-order valence-corrected chi connectivity index (χ1v) is 11.5. The molecule has 0 amide bonds. The number of nitrogens with one attached hydrogen (secondary N) is 1. The lowest BCUT2D eigenvalue weighted by Crippen LogP contribution is -2.22. The van der Waals surface area contributed by atoms with E-state index in [9.17, 15) is 18.0 Å². The van der Waals surface area contributed by atoms with E-state index < -0.39 is 16.0 Å². The van der Waals surface area contributed by atoms with Gasteiger partial charge in [-0.1, -0.05) is 42.5 Å². The lowest BCUT2D eigenvalue weighted by molar-refractivity contribution is -0.137. The largest absolute Gasteiger partial charge is 0.468 e. The molecule has 0 saturated carbocycles. The van der Waals surface area contributed by atoms with Crippen molar-refractivity contribution in [1.82, 2.24) is 4.72 Å². The van der Waals surface area contributed by atoms with Crippen LogP contribution in [0, 0.1) is 0 Å². The number of hydrogen-bond donors (Lipinski definition) is 1. The molecule has 1 heterocycles. The molecule has 3 rings (SSSR count). The van der Waals surface area contributed by atoms with Gasteiger partial charge in [0.25, 0.3) is 0 Å². The molecule has 0 atom stereocenters. The summed E-state index contributed by atoms with van der Waals surface area (Å²) >= 11 is 0. The maximum Gasteiger partial charge on any atom is 0.330 e. The fourth-order valence-electron chi connectivity index (χ4n) is 2.81. The summed E-state index contributed by atoms with van der Waals surface area (Å²) in [5.74, 6) is -0.0177. The molecule has 1 N–H and O–H groups in total. The van der Waals surface area contributed by atoms with E-state index in [1.54, 1.807) is 48.5 Å². The highest BCUT2D eigenvalue weighted by atomic mass is 32.2. The van der Waals surface area contributed by atoms with Crippen LogP contribution in [0.2, 0.25) is 0 Å². The summed E-state index contributed by atoms with van der Waals surface area (Å²) in [6, 6.07) is 18.4. The van der Waals surface area contributed by atoms with Crippen molar-refractivity contribution in [2.75, 3.05) is 6.61 Å². The third kappa shape index (κ3) is 7.04. The van der Waals surface area contributed by atoms with Crippen LogP contribution in [-0.2, 0) is 26.1 Å². The number of sulfonamides is 1. The van der Waals surface area contributed by atoms with Crippen LogP contribution in [0.3, 0.4) is 0 Å². The Morgan fingerprint density at radius 1 is 0.969 bits per heavy atom. The summed E-state index contributed by atoms with van der Waals surface area (Å²) in [4.78, 5) is 23.9. The monoisotopic (exact) mass is 453 g/mol. The molecule has 0 aliphatic rings. The highest BCUT2D eigenvalue weighted by molar-refractivity contribution is 7.89. The second-order valence-electron chi connectivity index (χ2n) is 6.87. The van der Waals surface area contributed by atoms with E-state index in [-0.39, 0.29) is 23.8 Å². The molecule has 3 aromatic rings. The number of rotatable bonds is 11. The molecule has 0 saturated heterocycles. The SMILES string of the molecule is O=C(/C=C/c1ccc(S(=O)(=O)NCc2ccco2)cc1)OCCCC(=O)c1ccccc1. The number of hydrogen-bond acceptors (Lipinski definition) is 6. The van der Waals surface area contributed by atoms with E-state index in [1.807, 2.05) is 6.07 Å². The van der Waals surface area contributed by atoms with E-state index in [2.05, 4.69) is 4.72 Å². The molecule has 0 bridgehead atoms. The summed E-state index contributed by atoms with van der Waals surface area (Å²) in [5, 5.41) is 0. The molecule has 0 spiro atoms. The summed E-state index contributed by atoms with van der Waals surface area (Å²) < 4.78 is 37.3. The first-order chi connectivity index (χ1) is 15.4. The molecule has 0 aliphatic heterocycles. The molecule has 1 aromatic heterocycles. The molecule has 0 fully saturated rings. The van der Waals surface area contributed by atoms with Gasteiger partial charge in [-0.3, -0.25) is 4.79 Å². The van der Waals surface area contributed by atoms with Gasteiger partial charge >= 0.3 is 5.97 Å². The number of ether oxygens (including phenoxy) is 1. The van der Waals surface area contributed by atoms with Crippen molar-refractivity contribution < 1.29 is 27.2 Å². The Morgan fingerprint density at radius 2 is 1.72 bits per heavy atom. The van der Waals surface area contributed by atoms with Crippen molar-refractivity contribution in [3.63, 3.8) is 0 Å². The Hall–Kier alpha value is -3.49. The molecule has 166 valence electrons. The molecule has 0 radical (unpaired) electrons. The number of Topliss-reactive ketones (excluding diaryl/α,β-unsaturated/α-hetero) is 1. The minimum absolute atomic E-state index is 0.00545. The number of carbonyl (C=O) groups is 2. The van der Waals surface area contributed by atoms with Gasteiger partial charge in [-0.05, 0) is 42.3 Å². The van der Waals surface area contributed by atoms with Gasteiger partial charge in [0, 0.05) is 18.1 Å². The van der Waals surface area contributed by atoms with Crippen LogP contribution in [0.4, 0.5) is 0 Å². The van der Waals surface area contributed by atoms with Crippen molar-refractivity contribution in [3.05, 3.63) is 96.0 Å². The van der Waals surface area contributed by atoms with E-state index in [4.69, 9.17) is 9.15 Å². The number of carbonyl (C=O) groups excluding carboxylic acids is 2. The van der Waals surface area contributed by atoms with Gasteiger partial charge in [-0.25, -0.2) is 17.9 Å². The van der Waals surface area contributed by atoms with Crippen LogP contribution >= 0.6 is 0 Å². The first kappa shape index (κ1) is 23.2. The van der Waals surface area contributed by atoms with E-state index in [0.717, 1.165) is 0 Å². The maximum absolute atomic E-state index is 12.3. The first-order valence-electron chi connectivity index (χ1n) is 9.99. The third-order valence-electron chi connectivity index (χ3n) is 4.51. The van der Waals surface area contributed by atoms with Crippen LogP contribution in [0.25, 0.3) is 6.08 Å². The molecular formula is C24H23NO6S. The Bertz CT molecular complexity index is 1150. The van der Waals surface area contributed by atoms with Crippen LogP contribution in [-0.4, -0.2) is 26.8 Å². The fraction of sp³-hybridized carbons (Fsp3) is 0.167. The number of ketones is 1. The Kier molecular flexibility index (Phi) is 8.13. The van der Waals surface area contributed by atoms with Crippen LogP contribution in [0.1, 0.15) is 34.5 Å². The number of benzene rings is 2. The second kappa shape index (κ2) is 11.2. The van der Waals surface area contributed by atoms with Crippen molar-refractivity contribution in [2.45, 2.75) is 24.3 Å². The third-order valence-corrected chi connectivity index (χ3v) is 5.92. The van der Waals surface area contributed by atoms with E-state index in [1.165, 1.54) is 30.5 Å². The summed E-state index contributed by atoms with van der Waals surface area (Å²) in [5.41, 5.74) is 1.28. The molecule has 0 unspecified atom stereocenters. The van der Waals surface area contributed by atoms with Crippen LogP contribution in [0.5, 0.6) is 0 Å². The minimum atomic E-state index is -3.68. The van der Waals surface area contributed by atoms with Gasteiger partial charge in [0.05, 0.1) is 24.3 Å². The zero-order chi connectivity index (χ0) is 22.8. The summed E-state index contributed by atoms with van der Waals surface area (Å²) in [6.07, 6.45) is 5.00. The maximum atomic E-state index is 12.3. The lowest BCUT2D eigenvalue weighted by atomic mass is 10.1. The Balaban J connectivity index is 1.42. The van der Waals surface area contributed by atoms with E-state index >= 15 is 0 Å². The predicted molar refractivity (Wildman–Crippen MR) is 119 cm³/mol. The van der Waals surface area contributed by atoms with Crippen molar-refractivity contribution in [1.29, 1.82) is 0 Å². The average Bonchev–Trinajstić information content (AvgIpc) is 3.34. The predicted octanol–water partition coefficient (Wildman–Crippen LogP) is 3.98. The zero-order valence-electron chi connectivity index (χ0n) is 17.3. The van der Waals surface area contributed by atoms with Gasteiger partial charge < -0.3 is 9.15 Å². The van der Waals surface area contributed by atoms with Crippen molar-refractivity contribution >= 4 is 27.9 Å². The van der Waals surface area contributed by atoms with E-state index in [0.29, 0.717) is 29.7 Å². The van der Waals surface area contributed by atoms with Crippen LogP contribution in [0.15, 0.2) is 88.4 Å². The fourth-order valence-corrected chi connectivity index (χ4v) is 3.80.